The van der Waals surface area contributed by atoms with Gasteiger partial charge < -0.3 is 10.8 Å². The third-order valence-electron chi connectivity index (χ3n) is 6.50. The quantitative estimate of drug-likeness (QED) is 0.0229. The van der Waals surface area contributed by atoms with Gasteiger partial charge in [0.05, 0.1) is 49.2 Å². The molecule has 5 rings (SSSR count). The van der Waals surface area contributed by atoms with E-state index in [0.29, 0.717) is 17.7 Å². The van der Waals surface area contributed by atoms with E-state index in [2.05, 4.69) is 29.8 Å². The van der Waals surface area contributed by atoms with Crippen LogP contribution < -0.4 is 5.73 Å². The number of nitrogens with zero attached hydrogens (tertiary/aromatic N) is 4. The van der Waals surface area contributed by atoms with Crippen LogP contribution in [-0.4, -0.2) is 49.3 Å². The highest BCUT2D eigenvalue weighted by Crippen LogP contribution is 2.49. The van der Waals surface area contributed by atoms with Crippen LogP contribution in [0.1, 0.15) is 0 Å². The molecule has 18 nitrogen and oxygen atoms in total. The van der Waals surface area contributed by atoms with Crippen molar-refractivity contribution in [3.63, 3.8) is 0 Å². The third-order valence-corrected chi connectivity index (χ3v) is 9.66. The van der Waals surface area contributed by atoms with E-state index in [1.54, 1.807) is 30.3 Å². The number of aromatic hydroxyl groups is 1. The van der Waals surface area contributed by atoms with Crippen LogP contribution in [0.2, 0.25) is 0 Å². The number of azo groups is 2. The fourth-order valence-corrected chi connectivity index (χ4v) is 6.64. The van der Waals surface area contributed by atoms with Crippen molar-refractivity contribution in [1.29, 1.82) is 0 Å². The van der Waals surface area contributed by atoms with Crippen molar-refractivity contribution in [2.24, 2.45) is 20.5 Å². The van der Waals surface area contributed by atoms with Crippen LogP contribution in [0.25, 0.3) is 21.5 Å². The summed E-state index contributed by atoms with van der Waals surface area (Å²) in [6, 6.07) is 15.0. The summed E-state index contributed by atoms with van der Waals surface area (Å²) >= 11 is 0.345. The molecule has 0 aliphatic rings. The first-order valence-corrected chi connectivity index (χ1v) is 17.7. The molecular weight excluding hydrogens is 719 g/mol. The Bertz CT molecular complexity index is 2490. The van der Waals surface area contributed by atoms with Crippen LogP contribution in [0.3, 0.4) is 0 Å². The highest BCUT2D eigenvalue weighted by Gasteiger charge is 2.26. The van der Waals surface area contributed by atoms with Gasteiger partial charge in [-0.1, -0.05) is 29.3 Å². The zero-order valence-corrected chi connectivity index (χ0v) is 26.7. The lowest BCUT2D eigenvalue weighted by Gasteiger charge is -2.14. The number of benzene rings is 5. The summed E-state index contributed by atoms with van der Waals surface area (Å²) in [5, 5.41) is 38.9. The highest BCUT2D eigenvalue weighted by atomic mass is 32.2. The summed E-state index contributed by atoms with van der Waals surface area (Å²) in [6.45, 7) is 0. The van der Waals surface area contributed by atoms with E-state index in [4.69, 9.17) is 11.0 Å². The van der Waals surface area contributed by atoms with Gasteiger partial charge in [0.25, 0.3) is 30.4 Å². The van der Waals surface area contributed by atoms with Gasteiger partial charge in [-0.25, -0.2) is 5.26 Å². The molecule has 7 N–H and O–H groups in total. The minimum Gasteiger partial charge on any atom is -0.505 e. The van der Waals surface area contributed by atoms with Gasteiger partial charge in [-0.2, -0.15) is 30.4 Å². The number of fused-ring (bicyclic) bond motifs is 2. The third kappa shape index (κ3) is 7.26. The fraction of sp³-hybridized carbons (Fsp3) is 0. The van der Waals surface area contributed by atoms with E-state index in [0.717, 1.165) is 36.4 Å². The Morgan fingerprint density at radius 1 is 0.688 bits per heavy atom. The van der Waals surface area contributed by atoms with E-state index in [-0.39, 0.29) is 37.8 Å². The number of anilines is 1. The number of nitrogen functional groups attached to an aromatic ring is 1. The van der Waals surface area contributed by atoms with Crippen LogP contribution in [-0.2, 0) is 39.7 Å². The Labute approximate surface area is 274 Å². The van der Waals surface area contributed by atoms with E-state index >= 15 is 0 Å². The molecule has 0 saturated carbocycles. The largest absolute Gasteiger partial charge is 0.505 e. The number of phenols is 1. The van der Waals surface area contributed by atoms with Gasteiger partial charge in [0.1, 0.15) is 16.3 Å². The van der Waals surface area contributed by atoms with Gasteiger partial charge in [0.2, 0.25) is 0 Å². The average molecular weight is 738 g/mol. The summed E-state index contributed by atoms with van der Waals surface area (Å²) < 4.78 is 106. The standard InChI is InChI=1S/C26H19N5O13S4/c27-23-22-14(10-20(45-44-43-33)24(26(22)32)30-28-15-4-2-1-3-5-15)11-21(48(40,41)42)25(23)31-29-19-12-17(47(37,38)39)9-13-8-16(46(34,35)36)6-7-18(13)19/h1-12,32-33H,27H2,(H,34,35,36)(H,37,38,39)(H,40,41,42). The van der Waals surface area contributed by atoms with Crippen LogP contribution in [0.4, 0.5) is 28.4 Å². The maximum Gasteiger partial charge on any atom is 0.296 e. The molecule has 0 aliphatic carbocycles. The summed E-state index contributed by atoms with van der Waals surface area (Å²) in [5.41, 5.74) is 4.70. The Morgan fingerprint density at radius 3 is 1.96 bits per heavy atom. The SMILES string of the molecule is Nc1c(N=Nc2cc(S(=O)(=O)O)cc3cc(S(=O)(=O)O)ccc23)c(S(=O)(=O)O)cc2cc(SOOO)c(N=Nc3ccccc3)c(O)c12. The fourth-order valence-electron chi connectivity index (χ4n) is 4.42. The molecule has 0 atom stereocenters. The molecule has 0 radical (unpaired) electrons. The van der Waals surface area contributed by atoms with Crippen molar-refractivity contribution in [3.05, 3.63) is 72.8 Å². The average Bonchev–Trinajstić information content (AvgIpc) is 3.01. The van der Waals surface area contributed by atoms with Crippen molar-refractivity contribution in [3.8, 4) is 5.75 Å². The Balaban J connectivity index is 1.78. The molecule has 0 aliphatic heterocycles. The number of hydrogen-bond donors (Lipinski definition) is 6. The molecule has 5 aromatic carbocycles. The van der Waals surface area contributed by atoms with Crippen molar-refractivity contribution < 1.29 is 58.6 Å². The van der Waals surface area contributed by atoms with Crippen molar-refractivity contribution in [2.45, 2.75) is 19.6 Å². The molecular formula is C26H19N5O13S4. The zero-order chi connectivity index (χ0) is 35.0. The highest BCUT2D eigenvalue weighted by molar-refractivity contribution is 7.94. The first-order valence-electron chi connectivity index (χ1n) is 12.6. The maximum atomic E-state index is 12.5. The predicted molar refractivity (Wildman–Crippen MR) is 169 cm³/mol. The lowest BCUT2D eigenvalue weighted by Crippen LogP contribution is -2.02. The second kappa shape index (κ2) is 13.1. The van der Waals surface area contributed by atoms with Crippen LogP contribution in [0.15, 0.2) is 113 Å². The molecule has 0 heterocycles. The van der Waals surface area contributed by atoms with Crippen molar-refractivity contribution in [1.82, 2.24) is 0 Å². The van der Waals surface area contributed by atoms with Gasteiger partial charge >= 0.3 is 0 Å². The van der Waals surface area contributed by atoms with Gasteiger partial charge in [-0.15, -0.1) is 19.7 Å². The van der Waals surface area contributed by atoms with Gasteiger partial charge in [-0.3, -0.25) is 13.7 Å². The zero-order valence-electron chi connectivity index (χ0n) is 23.4. The Hall–Kier alpha value is -4.62. The molecule has 22 heteroatoms. The first kappa shape index (κ1) is 34.7. The normalized spacial score (nSPS) is 12.9. The predicted octanol–water partition coefficient (Wildman–Crippen LogP) is 6.28. The molecule has 5 aromatic rings. The smallest absolute Gasteiger partial charge is 0.296 e. The minimum absolute atomic E-state index is 0.0190. The van der Waals surface area contributed by atoms with E-state index in [1.807, 2.05) is 0 Å². The topological polar surface area (TPSA) is 297 Å². The van der Waals surface area contributed by atoms with Crippen LogP contribution in [0.5, 0.6) is 5.75 Å². The summed E-state index contributed by atoms with van der Waals surface area (Å²) in [5.74, 6) is -0.691. The van der Waals surface area contributed by atoms with E-state index < -0.39 is 62.2 Å². The molecule has 0 saturated heterocycles. The molecule has 0 spiro atoms. The van der Waals surface area contributed by atoms with Crippen LogP contribution in [0, 0.1) is 0 Å². The van der Waals surface area contributed by atoms with Crippen LogP contribution >= 0.6 is 12.0 Å². The van der Waals surface area contributed by atoms with E-state index in [9.17, 15) is 44.0 Å². The lowest BCUT2D eigenvalue weighted by molar-refractivity contribution is -0.432. The minimum atomic E-state index is -5.14. The molecule has 250 valence electrons. The molecule has 0 aromatic heterocycles. The van der Waals surface area contributed by atoms with Crippen molar-refractivity contribution >= 4 is 92.4 Å². The molecule has 48 heavy (non-hydrogen) atoms. The van der Waals surface area contributed by atoms with E-state index in [1.165, 1.54) is 6.07 Å². The number of nitrogens with two attached hydrogens (primary N) is 1. The summed E-state index contributed by atoms with van der Waals surface area (Å²) in [4.78, 5) is -2.39. The second-order valence-electron chi connectivity index (χ2n) is 9.52. The number of phenolic OH excluding ortho intramolecular Hbond substituents is 1. The number of rotatable bonds is 10. The first-order chi connectivity index (χ1) is 22.5. The maximum absolute atomic E-state index is 12.5. The Morgan fingerprint density at radius 2 is 1.33 bits per heavy atom. The van der Waals surface area contributed by atoms with Gasteiger partial charge in [0, 0.05) is 5.39 Å². The summed E-state index contributed by atoms with van der Waals surface area (Å²) in [6.07, 6.45) is 0. The van der Waals surface area contributed by atoms with Gasteiger partial charge in [0.15, 0.2) is 5.75 Å². The van der Waals surface area contributed by atoms with Gasteiger partial charge in [-0.05, 0) is 59.3 Å². The molecule has 0 fully saturated rings. The molecule has 0 amide bonds. The second-order valence-corrected chi connectivity index (χ2v) is 14.5. The number of hydrogen-bond acceptors (Lipinski definition) is 16. The molecule has 0 bridgehead atoms. The lowest BCUT2D eigenvalue weighted by atomic mass is 10.1. The Kier molecular flexibility index (Phi) is 9.48. The summed E-state index contributed by atoms with van der Waals surface area (Å²) in [7, 11) is -14.8. The van der Waals surface area contributed by atoms with Crippen molar-refractivity contribution in [2.75, 3.05) is 5.73 Å². The monoisotopic (exact) mass is 737 g/mol. The molecule has 0 unspecified atom stereocenters.